The molecule has 0 amide bonds. The Hall–Kier alpha value is -0.455. The Bertz CT molecular complexity index is 173. The highest BCUT2D eigenvalue weighted by Crippen LogP contribution is 2.31. The molecule has 0 aromatic carbocycles. The Labute approximate surface area is 63.3 Å². The third-order valence-corrected chi connectivity index (χ3v) is 2.52. The highest BCUT2D eigenvalue weighted by atomic mass is 14.2. The van der Waals surface area contributed by atoms with E-state index in [-0.39, 0.29) is 0 Å². The Morgan fingerprint density at radius 3 is 2.70 bits per heavy atom. The van der Waals surface area contributed by atoms with Crippen molar-refractivity contribution in [2.75, 3.05) is 0 Å². The van der Waals surface area contributed by atoms with Crippen LogP contribution < -0.4 is 0 Å². The van der Waals surface area contributed by atoms with Gasteiger partial charge in [-0.2, -0.15) is 0 Å². The lowest BCUT2D eigenvalue weighted by molar-refractivity contribution is 0.672. The first-order valence-electron chi connectivity index (χ1n) is 4.18. The van der Waals surface area contributed by atoms with Gasteiger partial charge in [0.1, 0.15) is 0 Å². The van der Waals surface area contributed by atoms with Crippen LogP contribution >= 0.6 is 0 Å². The van der Waals surface area contributed by atoms with Crippen LogP contribution in [0, 0.1) is 5.92 Å². The van der Waals surface area contributed by atoms with Gasteiger partial charge >= 0.3 is 0 Å². The Balaban J connectivity index is 1.99. The van der Waals surface area contributed by atoms with Crippen molar-refractivity contribution in [1.82, 2.24) is 0 Å². The van der Waals surface area contributed by atoms with Crippen LogP contribution in [-0.2, 0) is 0 Å². The summed E-state index contributed by atoms with van der Waals surface area (Å²) in [4.78, 5) is 0. The third-order valence-electron chi connectivity index (χ3n) is 2.52. The number of rotatable bonds is 1. The summed E-state index contributed by atoms with van der Waals surface area (Å²) in [6, 6.07) is 0. The molecule has 0 aromatic rings. The van der Waals surface area contributed by atoms with Gasteiger partial charge in [0.25, 0.3) is 0 Å². The monoisotopic (exact) mass is 131 g/mol. The minimum absolute atomic E-state index is 0.898. The third kappa shape index (κ3) is 1.05. The Kier molecular flexibility index (Phi) is 1.66. The minimum Gasteiger partial charge on any atom is -0.117 e. The highest BCUT2D eigenvalue weighted by Gasteiger charge is 2.19. The summed E-state index contributed by atoms with van der Waals surface area (Å²) in [6.45, 7) is 0. The SMILES string of the molecule is [B]1C=CC=C1C1CCCC1. The molecule has 1 aliphatic carbocycles. The molecule has 1 saturated carbocycles. The second-order valence-electron chi connectivity index (χ2n) is 3.20. The number of hydrogen-bond acceptors (Lipinski definition) is 0. The summed E-state index contributed by atoms with van der Waals surface area (Å²) in [6.07, 6.45) is 10.1. The number of allylic oxidation sites excluding steroid dienone is 3. The summed E-state index contributed by atoms with van der Waals surface area (Å²) < 4.78 is 0. The summed E-state index contributed by atoms with van der Waals surface area (Å²) in [7, 11) is 2.26. The molecule has 0 N–H and O–H groups in total. The quantitative estimate of drug-likeness (QED) is 0.479. The molecule has 2 rings (SSSR count). The van der Waals surface area contributed by atoms with Gasteiger partial charge in [-0.05, 0) is 18.8 Å². The molecule has 0 spiro atoms. The van der Waals surface area contributed by atoms with Crippen LogP contribution in [0.25, 0.3) is 0 Å². The van der Waals surface area contributed by atoms with Gasteiger partial charge in [0.2, 0.25) is 0 Å². The molecule has 1 aliphatic heterocycles. The molecule has 0 nitrogen and oxygen atoms in total. The molecule has 1 heteroatoms. The van der Waals surface area contributed by atoms with Gasteiger partial charge in [-0.1, -0.05) is 25.0 Å². The van der Waals surface area contributed by atoms with E-state index in [0.29, 0.717) is 0 Å². The van der Waals surface area contributed by atoms with Crippen LogP contribution in [0.4, 0.5) is 0 Å². The molecule has 51 valence electrons. The zero-order chi connectivity index (χ0) is 6.81. The van der Waals surface area contributed by atoms with Gasteiger partial charge in [-0.25, -0.2) is 0 Å². The lowest BCUT2D eigenvalue weighted by Gasteiger charge is -2.08. The molecule has 0 unspecified atom stereocenters. The van der Waals surface area contributed by atoms with Crippen LogP contribution in [0.5, 0.6) is 0 Å². The van der Waals surface area contributed by atoms with Crippen molar-refractivity contribution in [2.45, 2.75) is 25.7 Å². The summed E-state index contributed by atoms with van der Waals surface area (Å²) in [5, 5.41) is 0. The molecule has 0 saturated heterocycles. The molecule has 0 aromatic heterocycles. The molecule has 10 heavy (non-hydrogen) atoms. The smallest absolute Gasteiger partial charge is 0.117 e. The van der Waals surface area contributed by atoms with Crippen molar-refractivity contribution >= 4 is 7.28 Å². The van der Waals surface area contributed by atoms with Crippen molar-refractivity contribution in [3.05, 3.63) is 23.6 Å². The van der Waals surface area contributed by atoms with Crippen LogP contribution in [-0.4, -0.2) is 7.28 Å². The van der Waals surface area contributed by atoms with Gasteiger partial charge in [0.05, 0.1) is 0 Å². The first kappa shape index (κ1) is 6.27. The zero-order valence-electron chi connectivity index (χ0n) is 6.22. The van der Waals surface area contributed by atoms with Crippen molar-refractivity contribution in [3.8, 4) is 0 Å². The van der Waals surface area contributed by atoms with E-state index < -0.39 is 0 Å². The Morgan fingerprint density at radius 2 is 2.10 bits per heavy atom. The second-order valence-corrected chi connectivity index (χ2v) is 3.20. The van der Waals surface area contributed by atoms with E-state index in [9.17, 15) is 0 Å². The summed E-state index contributed by atoms with van der Waals surface area (Å²) >= 11 is 0. The van der Waals surface area contributed by atoms with E-state index >= 15 is 0 Å². The fraction of sp³-hybridized carbons (Fsp3) is 0.556. The summed E-state index contributed by atoms with van der Waals surface area (Å²) in [5.41, 5.74) is 1.57. The van der Waals surface area contributed by atoms with E-state index in [1.54, 1.807) is 5.47 Å². The fourth-order valence-electron chi connectivity index (χ4n) is 1.92. The largest absolute Gasteiger partial charge is 0.176 e. The maximum absolute atomic E-state index is 2.26. The predicted molar refractivity (Wildman–Crippen MR) is 44.9 cm³/mol. The molecular weight excluding hydrogens is 119 g/mol. The van der Waals surface area contributed by atoms with E-state index in [1.165, 1.54) is 25.7 Å². The van der Waals surface area contributed by atoms with Crippen molar-refractivity contribution < 1.29 is 0 Å². The molecule has 2 aliphatic rings. The molecule has 1 heterocycles. The molecule has 0 bridgehead atoms. The van der Waals surface area contributed by atoms with Gasteiger partial charge < -0.3 is 0 Å². The molecule has 0 atom stereocenters. The standard InChI is InChI=1S/C9H12B/c1-2-5-8(4-1)9-6-3-7-10-9/h3,6-8H,1-2,4-5H2. The Morgan fingerprint density at radius 1 is 1.30 bits per heavy atom. The number of hydrogen-bond donors (Lipinski definition) is 0. The minimum atomic E-state index is 0.898. The van der Waals surface area contributed by atoms with Gasteiger partial charge in [0, 0.05) is 0 Å². The molecule has 1 fully saturated rings. The maximum atomic E-state index is 2.26. The predicted octanol–water partition coefficient (Wildman–Crippen LogP) is 2.29. The first-order valence-corrected chi connectivity index (χ1v) is 4.18. The highest BCUT2D eigenvalue weighted by molar-refractivity contribution is 6.52. The van der Waals surface area contributed by atoms with E-state index in [0.717, 1.165) is 5.92 Å². The van der Waals surface area contributed by atoms with E-state index in [4.69, 9.17) is 0 Å². The van der Waals surface area contributed by atoms with Crippen LogP contribution in [0.3, 0.4) is 0 Å². The normalized spacial score (nSPS) is 25.0. The fourth-order valence-corrected chi connectivity index (χ4v) is 1.92. The average molecular weight is 131 g/mol. The van der Waals surface area contributed by atoms with Crippen LogP contribution in [0.15, 0.2) is 23.6 Å². The topological polar surface area (TPSA) is 0 Å². The second kappa shape index (κ2) is 2.65. The lowest BCUT2D eigenvalue weighted by atomic mass is 9.67. The maximum Gasteiger partial charge on any atom is 0.176 e. The van der Waals surface area contributed by atoms with Crippen molar-refractivity contribution in [1.29, 1.82) is 0 Å². The first-order chi connectivity index (χ1) is 4.97. The van der Waals surface area contributed by atoms with Crippen LogP contribution in [0.2, 0.25) is 0 Å². The molecule has 1 radical (unpaired) electrons. The zero-order valence-corrected chi connectivity index (χ0v) is 6.22. The van der Waals surface area contributed by atoms with E-state index in [1.807, 2.05) is 0 Å². The van der Waals surface area contributed by atoms with E-state index in [2.05, 4.69) is 25.4 Å². The van der Waals surface area contributed by atoms with Crippen molar-refractivity contribution in [3.63, 3.8) is 0 Å². The van der Waals surface area contributed by atoms with Crippen molar-refractivity contribution in [2.24, 2.45) is 5.92 Å². The summed E-state index contributed by atoms with van der Waals surface area (Å²) in [5.74, 6) is 3.04. The average Bonchev–Trinajstić information content (AvgIpc) is 2.59. The molecular formula is C9H12B. The van der Waals surface area contributed by atoms with Crippen LogP contribution in [0.1, 0.15) is 25.7 Å². The van der Waals surface area contributed by atoms with Gasteiger partial charge in [-0.3, -0.25) is 0 Å². The van der Waals surface area contributed by atoms with Gasteiger partial charge in [-0.15, -0.1) is 11.4 Å². The lowest BCUT2D eigenvalue weighted by Crippen LogP contribution is -2.01. The van der Waals surface area contributed by atoms with Gasteiger partial charge in [0.15, 0.2) is 7.28 Å².